The van der Waals surface area contributed by atoms with E-state index in [1.54, 1.807) is 7.11 Å². The molecule has 3 rings (SSSR count). The van der Waals surface area contributed by atoms with E-state index >= 15 is 0 Å². The summed E-state index contributed by atoms with van der Waals surface area (Å²) in [7, 11) is 1.75. The topological polar surface area (TPSA) is 9.23 Å². The van der Waals surface area contributed by atoms with Crippen molar-refractivity contribution in [1.29, 1.82) is 0 Å². The van der Waals surface area contributed by atoms with Crippen LogP contribution in [-0.2, 0) is 6.42 Å². The first kappa shape index (κ1) is 11.4. The first-order chi connectivity index (χ1) is 8.26. The number of methoxy groups -OCH3 is 1. The molecule has 0 bridgehead atoms. The third-order valence-corrected chi connectivity index (χ3v) is 5.07. The maximum atomic E-state index is 6.26. The van der Waals surface area contributed by atoms with E-state index in [2.05, 4.69) is 12.1 Å². The molecule has 0 aliphatic heterocycles. The zero-order valence-electron chi connectivity index (χ0n) is 10.3. The molecular weight excluding hydrogens is 232 g/mol. The van der Waals surface area contributed by atoms with Crippen molar-refractivity contribution in [1.82, 2.24) is 0 Å². The standard InChI is InChI=1S/C15H19ClO/c1-17-14-5-3-2-4-11(14)7-15(10-16)8-12-6-13(12)9-15/h2-5,12-13H,6-10H2,1H3. The minimum atomic E-state index is 0.337. The lowest BCUT2D eigenvalue weighted by Gasteiger charge is -2.29. The van der Waals surface area contributed by atoms with Gasteiger partial charge in [-0.15, -0.1) is 11.6 Å². The van der Waals surface area contributed by atoms with Crippen LogP contribution in [0.5, 0.6) is 5.75 Å². The van der Waals surface area contributed by atoms with Crippen molar-refractivity contribution in [2.24, 2.45) is 17.3 Å². The maximum Gasteiger partial charge on any atom is 0.122 e. The lowest BCUT2D eigenvalue weighted by Crippen LogP contribution is -2.24. The molecule has 0 heterocycles. The van der Waals surface area contributed by atoms with Gasteiger partial charge in [0.25, 0.3) is 0 Å². The zero-order valence-corrected chi connectivity index (χ0v) is 11.0. The highest BCUT2D eigenvalue weighted by atomic mass is 35.5. The van der Waals surface area contributed by atoms with Gasteiger partial charge < -0.3 is 4.74 Å². The van der Waals surface area contributed by atoms with Crippen molar-refractivity contribution < 1.29 is 4.74 Å². The highest BCUT2D eigenvalue weighted by Crippen LogP contribution is 2.61. The molecule has 2 unspecified atom stereocenters. The number of halogens is 1. The van der Waals surface area contributed by atoms with Crippen molar-refractivity contribution in [3.8, 4) is 5.75 Å². The number of alkyl halides is 1. The average molecular weight is 251 g/mol. The largest absolute Gasteiger partial charge is 0.496 e. The molecule has 2 aliphatic rings. The SMILES string of the molecule is COc1ccccc1CC1(CCl)CC2CC2C1. The van der Waals surface area contributed by atoms with Crippen LogP contribution >= 0.6 is 11.6 Å². The Morgan fingerprint density at radius 1 is 1.29 bits per heavy atom. The smallest absolute Gasteiger partial charge is 0.122 e. The molecule has 0 saturated heterocycles. The highest BCUT2D eigenvalue weighted by Gasteiger charge is 2.53. The van der Waals surface area contributed by atoms with Gasteiger partial charge in [0.15, 0.2) is 0 Å². The molecule has 0 spiro atoms. The molecular formula is C15H19ClO. The Bertz CT molecular complexity index is 405. The van der Waals surface area contributed by atoms with E-state index in [-0.39, 0.29) is 0 Å². The van der Waals surface area contributed by atoms with Gasteiger partial charge in [-0.05, 0) is 54.6 Å². The Kier molecular flexibility index (Phi) is 2.82. The molecule has 17 heavy (non-hydrogen) atoms. The Labute approximate surface area is 108 Å². The second-order valence-electron chi connectivity index (χ2n) is 5.79. The summed E-state index contributed by atoms with van der Waals surface area (Å²) in [5, 5.41) is 0. The number of para-hydroxylation sites is 1. The van der Waals surface area contributed by atoms with Gasteiger partial charge in [0, 0.05) is 5.88 Å². The van der Waals surface area contributed by atoms with Crippen molar-refractivity contribution >= 4 is 11.6 Å². The number of hydrogen-bond acceptors (Lipinski definition) is 1. The van der Waals surface area contributed by atoms with Crippen LogP contribution in [-0.4, -0.2) is 13.0 Å². The third-order valence-electron chi connectivity index (χ3n) is 4.50. The molecule has 2 aliphatic carbocycles. The first-order valence-corrected chi connectivity index (χ1v) is 6.98. The first-order valence-electron chi connectivity index (χ1n) is 6.44. The monoisotopic (exact) mass is 250 g/mol. The summed E-state index contributed by atoms with van der Waals surface area (Å²) >= 11 is 6.26. The van der Waals surface area contributed by atoms with Gasteiger partial charge in [0.05, 0.1) is 7.11 Å². The molecule has 92 valence electrons. The van der Waals surface area contributed by atoms with Crippen LogP contribution in [0.1, 0.15) is 24.8 Å². The quantitative estimate of drug-likeness (QED) is 0.737. The Hall–Kier alpha value is -0.690. The van der Waals surface area contributed by atoms with Crippen LogP contribution in [0.15, 0.2) is 24.3 Å². The number of fused-ring (bicyclic) bond motifs is 1. The molecule has 2 saturated carbocycles. The lowest BCUT2D eigenvalue weighted by atomic mass is 9.79. The summed E-state index contributed by atoms with van der Waals surface area (Å²) in [6.07, 6.45) is 5.16. The number of rotatable bonds is 4. The number of ether oxygens (including phenoxy) is 1. The molecule has 0 radical (unpaired) electrons. The van der Waals surface area contributed by atoms with Gasteiger partial charge in [0.2, 0.25) is 0 Å². The summed E-state index contributed by atoms with van der Waals surface area (Å²) in [5.41, 5.74) is 1.65. The average Bonchev–Trinajstić information content (AvgIpc) is 2.98. The summed E-state index contributed by atoms with van der Waals surface area (Å²) in [6.45, 7) is 0. The zero-order chi connectivity index (χ0) is 11.9. The van der Waals surface area contributed by atoms with Gasteiger partial charge in [-0.2, -0.15) is 0 Å². The van der Waals surface area contributed by atoms with Crippen molar-refractivity contribution in [3.63, 3.8) is 0 Å². The fraction of sp³-hybridized carbons (Fsp3) is 0.600. The fourth-order valence-corrected chi connectivity index (χ4v) is 3.87. The summed E-state index contributed by atoms with van der Waals surface area (Å²) in [5.74, 6) is 3.75. The molecule has 0 N–H and O–H groups in total. The predicted molar refractivity (Wildman–Crippen MR) is 70.7 cm³/mol. The van der Waals surface area contributed by atoms with Crippen LogP contribution in [0.3, 0.4) is 0 Å². The predicted octanol–water partition coefficient (Wildman–Crippen LogP) is 3.89. The molecule has 0 amide bonds. The molecule has 2 atom stereocenters. The van der Waals surface area contributed by atoms with Crippen LogP contribution in [0.25, 0.3) is 0 Å². The Morgan fingerprint density at radius 2 is 2.00 bits per heavy atom. The minimum Gasteiger partial charge on any atom is -0.496 e. The molecule has 1 aromatic rings. The third kappa shape index (κ3) is 2.06. The van der Waals surface area contributed by atoms with E-state index in [1.807, 2.05) is 12.1 Å². The summed E-state index contributed by atoms with van der Waals surface area (Å²) < 4.78 is 5.44. The number of hydrogen-bond donors (Lipinski definition) is 0. The van der Waals surface area contributed by atoms with Gasteiger partial charge in [-0.1, -0.05) is 18.2 Å². The van der Waals surface area contributed by atoms with E-state index in [9.17, 15) is 0 Å². The molecule has 0 aromatic heterocycles. The highest BCUT2D eigenvalue weighted by molar-refractivity contribution is 6.18. The van der Waals surface area contributed by atoms with Gasteiger partial charge in [-0.25, -0.2) is 0 Å². The fourth-order valence-electron chi connectivity index (χ4n) is 3.56. The van der Waals surface area contributed by atoms with Crippen molar-refractivity contribution in [2.45, 2.75) is 25.7 Å². The Balaban J connectivity index is 1.81. The molecule has 2 heteroatoms. The normalized spacial score (nSPS) is 34.5. The van der Waals surface area contributed by atoms with Crippen molar-refractivity contribution in [2.75, 3.05) is 13.0 Å². The van der Waals surface area contributed by atoms with Crippen molar-refractivity contribution in [3.05, 3.63) is 29.8 Å². The van der Waals surface area contributed by atoms with Gasteiger partial charge in [-0.3, -0.25) is 0 Å². The second kappa shape index (κ2) is 4.20. The van der Waals surface area contributed by atoms with Crippen LogP contribution in [0, 0.1) is 17.3 Å². The summed E-state index contributed by atoms with van der Waals surface area (Å²) in [4.78, 5) is 0. The number of benzene rings is 1. The van der Waals surface area contributed by atoms with Crippen LogP contribution < -0.4 is 4.74 Å². The van der Waals surface area contributed by atoms with Gasteiger partial charge in [0.1, 0.15) is 5.75 Å². The van der Waals surface area contributed by atoms with Gasteiger partial charge >= 0.3 is 0 Å². The summed E-state index contributed by atoms with van der Waals surface area (Å²) in [6, 6.07) is 8.35. The van der Waals surface area contributed by atoms with E-state index in [0.717, 1.165) is 29.9 Å². The van der Waals surface area contributed by atoms with Crippen LogP contribution in [0.2, 0.25) is 0 Å². The molecule has 1 nitrogen and oxygen atoms in total. The van der Waals surface area contributed by atoms with E-state index in [1.165, 1.54) is 24.8 Å². The van der Waals surface area contributed by atoms with E-state index in [4.69, 9.17) is 16.3 Å². The second-order valence-corrected chi connectivity index (χ2v) is 6.05. The molecule has 1 aromatic carbocycles. The Morgan fingerprint density at radius 3 is 2.65 bits per heavy atom. The molecule has 2 fully saturated rings. The van der Waals surface area contributed by atoms with Crippen LogP contribution in [0.4, 0.5) is 0 Å². The van der Waals surface area contributed by atoms with E-state index in [0.29, 0.717) is 5.41 Å². The van der Waals surface area contributed by atoms with E-state index < -0.39 is 0 Å². The minimum absolute atomic E-state index is 0.337. The maximum absolute atomic E-state index is 6.26. The lowest BCUT2D eigenvalue weighted by molar-refractivity contribution is 0.297.